The number of hydrogen-bond donors (Lipinski definition) is 2. The van der Waals surface area contributed by atoms with E-state index in [4.69, 9.17) is 6.42 Å². The Balaban J connectivity index is 2.66. The van der Waals surface area contributed by atoms with Crippen LogP contribution in [0.4, 0.5) is 5.69 Å². The molecule has 0 radical (unpaired) electrons. The predicted octanol–water partition coefficient (Wildman–Crippen LogP) is 0.823. The number of anilines is 1. The van der Waals surface area contributed by atoms with Crippen molar-refractivity contribution in [1.29, 1.82) is 0 Å². The smallest absolute Gasteiger partial charge is 0.284 e. The number of rotatable bonds is 6. The Morgan fingerprint density at radius 1 is 1.60 bits per heavy atom. The summed E-state index contributed by atoms with van der Waals surface area (Å²) >= 11 is 3.18. The number of nitrogens with one attached hydrogen (secondary N) is 2. The van der Waals surface area contributed by atoms with Crippen LogP contribution in [0.25, 0.3) is 0 Å². The van der Waals surface area contributed by atoms with Gasteiger partial charge >= 0.3 is 0 Å². The highest BCUT2D eigenvalue weighted by molar-refractivity contribution is 9.10. The minimum atomic E-state index is -0.337. The Morgan fingerprint density at radius 3 is 2.90 bits per heavy atom. The number of terminal acetylenes is 1. The summed E-state index contributed by atoms with van der Waals surface area (Å²) in [7, 11) is 0. The summed E-state index contributed by atoms with van der Waals surface area (Å²) in [5.74, 6) is 2.59. The van der Waals surface area contributed by atoms with Gasteiger partial charge < -0.3 is 10.6 Å². The molecule has 1 amide bonds. The molecule has 1 aromatic rings. The first kappa shape index (κ1) is 16.2. The first-order valence-corrected chi connectivity index (χ1v) is 6.94. The Hall–Kier alpha value is -1.81. The van der Waals surface area contributed by atoms with Crippen molar-refractivity contribution in [1.82, 2.24) is 15.1 Å². The van der Waals surface area contributed by atoms with Gasteiger partial charge in [-0.1, -0.05) is 19.8 Å². The zero-order chi connectivity index (χ0) is 15.1. The molecular formula is C13H17BrN4O2. The minimum Gasteiger partial charge on any atom is -0.374 e. The van der Waals surface area contributed by atoms with Crippen LogP contribution in [-0.4, -0.2) is 28.8 Å². The second-order valence-corrected chi connectivity index (χ2v) is 5.38. The number of nitrogens with zero attached hydrogens (tertiary/aromatic N) is 2. The van der Waals surface area contributed by atoms with Crippen LogP contribution in [0.1, 0.15) is 13.8 Å². The first-order valence-electron chi connectivity index (χ1n) is 6.15. The number of carbonyl (C=O) groups is 1. The van der Waals surface area contributed by atoms with E-state index in [1.807, 2.05) is 13.8 Å². The summed E-state index contributed by atoms with van der Waals surface area (Å²) in [4.78, 5) is 23.4. The van der Waals surface area contributed by atoms with E-state index in [0.29, 0.717) is 22.6 Å². The molecule has 0 aromatic carbocycles. The molecule has 0 aliphatic heterocycles. The molecule has 0 bridgehead atoms. The highest BCUT2D eigenvalue weighted by Crippen LogP contribution is 2.15. The lowest BCUT2D eigenvalue weighted by atomic mass is 10.2. The highest BCUT2D eigenvalue weighted by atomic mass is 79.9. The van der Waals surface area contributed by atoms with E-state index in [1.165, 1.54) is 6.20 Å². The molecule has 1 aromatic heterocycles. The normalized spacial score (nSPS) is 10.2. The van der Waals surface area contributed by atoms with Gasteiger partial charge in [0.1, 0.15) is 11.0 Å². The lowest BCUT2D eigenvalue weighted by Crippen LogP contribution is -2.33. The van der Waals surface area contributed by atoms with Crippen molar-refractivity contribution in [3.63, 3.8) is 0 Å². The van der Waals surface area contributed by atoms with Crippen LogP contribution in [0, 0.1) is 18.3 Å². The molecule has 0 atom stereocenters. The summed E-state index contributed by atoms with van der Waals surface area (Å²) in [6, 6.07) is 0. The molecule has 0 saturated carbocycles. The van der Waals surface area contributed by atoms with E-state index in [2.05, 4.69) is 37.6 Å². The molecule has 2 N–H and O–H groups in total. The Morgan fingerprint density at radius 2 is 2.30 bits per heavy atom. The van der Waals surface area contributed by atoms with Gasteiger partial charge in [-0.2, -0.15) is 5.10 Å². The molecule has 6 nitrogen and oxygen atoms in total. The van der Waals surface area contributed by atoms with E-state index in [0.717, 1.165) is 4.68 Å². The number of carbonyl (C=O) groups excluding carboxylic acids is 1. The van der Waals surface area contributed by atoms with E-state index in [-0.39, 0.29) is 24.6 Å². The first-order chi connectivity index (χ1) is 9.45. The fourth-order valence-electron chi connectivity index (χ4n) is 1.34. The van der Waals surface area contributed by atoms with Gasteiger partial charge in [0.15, 0.2) is 0 Å². The molecule has 1 rings (SSSR count). The Bertz CT molecular complexity index is 575. The lowest BCUT2D eigenvalue weighted by Gasteiger charge is -2.10. The standard InChI is InChI=1S/C13H17BrN4O2/c1-4-5-18-13(20)12(14)10(7-17-18)15-8-11(19)16-6-9(2)3/h1,7,9,15H,5-6,8H2,2-3H3,(H,16,19). The van der Waals surface area contributed by atoms with Crippen LogP contribution < -0.4 is 16.2 Å². The van der Waals surface area contributed by atoms with E-state index in [9.17, 15) is 9.59 Å². The van der Waals surface area contributed by atoms with Gasteiger partial charge in [0, 0.05) is 6.54 Å². The number of halogens is 1. The van der Waals surface area contributed by atoms with Crippen molar-refractivity contribution in [2.24, 2.45) is 5.92 Å². The van der Waals surface area contributed by atoms with Gasteiger partial charge in [-0.15, -0.1) is 6.42 Å². The van der Waals surface area contributed by atoms with Crippen molar-refractivity contribution in [2.45, 2.75) is 20.4 Å². The highest BCUT2D eigenvalue weighted by Gasteiger charge is 2.09. The molecule has 0 spiro atoms. The van der Waals surface area contributed by atoms with Gasteiger partial charge in [0.2, 0.25) is 5.91 Å². The predicted molar refractivity (Wildman–Crippen MR) is 81.4 cm³/mol. The zero-order valence-electron chi connectivity index (χ0n) is 11.4. The van der Waals surface area contributed by atoms with Crippen molar-refractivity contribution in [3.05, 3.63) is 21.0 Å². The molecule has 108 valence electrons. The molecule has 0 saturated heterocycles. The molecular weight excluding hydrogens is 324 g/mol. The molecule has 1 heterocycles. The average molecular weight is 341 g/mol. The molecule has 7 heteroatoms. The van der Waals surface area contributed by atoms with Gasteiger partial charge in [-0.3, -0.25) is 9.59 Å². The summed E-state index contributed by atoms with van der Waals surface area (Å²) in [6.45, 7) is 4.82. The van der Waals surface area contributed by atoms with Crippen LogP contribution in [-0.2, 0) is 11.3 Å². The number of aromatic nitrogens is 2. The third-order valence-electron chi connectivity index (χ3n) is 2.37. The average Bonchev–Trinajstić information content (AvgIpc) is 2.41. The maximum atomic E-state index is 11.9. The maximum Gasteiger partial charge on any atom is 0.284 e. The fourth-order valence-corrected chi connectivity index (χ4v) is 1.79. The molecule has 0 unspecified atom stereocenters. The van der Waals surface area contributed by atoms with Gasteiger partial charge in [0.05, 0.1) is 18.4 Å². The fraction of sp³-hybridized carbons (Fsp3) is 0.462. The molecule has 0 aliphatic rings. The second-order valence-electron chi connectivity index (χ2n) is 4.59. The molecule has 0 fully saturated rings. The topological polar surface area (TPSA) is 76.0 Å². The monoisotopic (exact) mass is 340 g/mol. The SMILES string of the molecule is C#CCn1ncc(NCC(=O)NCC(C)C)c(Br)c1=O. The quantitative estimate of drug-likeness (QED) is 0.752. The Labute approximate surface area is 126 Å². The van der Waals surface area contributed by atoms with Crippen LogP contribution in [0.5, 0.6) is 0 Å². The van der Waals surface area contributed by atoms with Crippen LogP contribution >= 0.6 is 15.9 Å². The largest absolute Gasteiger partial charge is 0.374 e. The van der Waals surface area contributed by atoms with Gasteiger partial charge in [-0.25, -0.2) is 4.68 Å². The van der Waals surface area contributed by atoms with Crippen LogP contribution in [0.15, 0.2) is 15.5 Å². The van der Waals surface area contributed by atoms with Crippen molar-refractivity contribution >= 4 is 27.5 Å². The summed E-state index contributed by atoms with van der Waals surface area (Å²) < 4.78 is 1.47. The third kappa shape index (κ3) is 4.70. The third-order valence-corrected chi connectivity index (χ3v) is 3.14. The van der Waals surface area contributed by atoms with Gasteiger partial charge in [-0.05, 0) is 21.8 Å². The van der Waals surface area contributed by atoms with E-state index >= 15 is 0 Å². The summed E-state index contributed by atoms with van der Waals surface area (Å²) in [6.07, 6.45) is 6.60. The molecule has 0 aliphatic carbocycles. The summed E-state index contributed by atoms with van der Waals surface area (Å²) in [5, 5.41) is 9.55. The van der Waals surface area contributed by atoms with Crippen molar-refractivity contribution in [3.8, 4) is 12.3 Å². The zero-order valence-corrected chi connectivity index (χ0v) is 13.0. The molecule has 20 heavy (non-hydrogen) atoms. The number of hydrogen-bond acceptors (Lipinski definition) is 4. The maximum absolute atomic E-state index is 11.9. The van der Waals surface area contributed by atoms with Crippen LogP contribution in [0.3, 0.4) is 0 Å². The van der Waals surface area contributed by atoms with Gasteiger partial charge in [0.25, 0.3) is 5.56 Å². The van der Waals surface area contributed by atoms with Crippen molar-refractivity contribution in [2.75, 3.05) is 18.4 Å². The second kappa shape index (κ2) is 7.70. The van der Waals surface area contributed by atoms with Crippen LogP contribution in [0.2, 0.25) is 0 Å². The van der Waals surface area contributed by atoms with E-state index < -0.39 is 0 Å². The lowest BCUT2D eigenvalue weighted by molar-refractivity contribution is -0.119. The van der Waals surface area contributed by atoms with Crippen molar-refractivity contribution < 1.29 is 4.79 Å². The Kier molecular flexibility index (Phi) is 6.25. The minimum absolute atomic E-state index is 0.0750. The summed E-state index contributed by atoms with van der Waals surface area (Å²) in [5.41, 5.74) is 0.124. The van der Waals surface area contributed by atoms with E-state index in [1.54, 1.807) is 0 Å². The number of amides is 1.